The Morgan fingerprint density at radius 1 is 1.25 bits per heavy atom. The number of aliphatic imine (C=N–C) groups is 1. The van der Waals surface area contributed by atoms with Crippen molar-refractivity contribution >= 4 is 11.6 Å². The Labute approximate surface area is 144 Å². The van der Waals surface area contributed by atoms with Crippen LogP contribution < -0.4 is 20.5 Å². The van der Waals surface area contributed by atoms with Gasteiger partial charge in [-0.15, -0.1) is 0 Å². The van der Waals surface area contributed by atoms with Crippen LogP contribution in [0.4, 0.5) is 5.69 Å². The molecule has 0 aliphatic heterocycles. The Morgan fingerprint density at radius 3 is 2.75 bits per heavy atom. The molecule has 0 aromatic heterocycles. The van der Waals surface area contributed by atoms with Crippen LogP contribution in [0, 0.1) is 5.92 Å². The predicted octanol–water partition coefficient (Wildman–Crippen LogP) is 3.03. The molecule has 3 N–H and O–H groups in total. The molecule has 6 heteroatoms. The molecule has 1 saturated carbocycles. The van der Waals surface area contributed by atoms with E-state index in [0.717, 1.165) is 42.7 Å². The Kier molecular flexibility index (Phi) is 7.68. The van der Waals surface area contributed by atoms with Crippen LogP contribution in [0.5, 0.6) is 11.5 Å². The number of ether oxygens (including phenoxy) is 3. The van der Waals surface area contributed by atoms with Gasteiger partial charge in [0, 0.05) is 25.8 Å². The average molecular weight is 335 g/mol. The lowest BCUT2D eigenvalue weighted by atomic mass is 10.2. The molecule has 1 aliphatic carbocycles. The van der Waals surface area contributed by atoms with Gasteiger partial charge in [0.15, 0.2) is 5.96 Å². The van der Waals surface area contributed by atoms with E-state index in [-0.39, 0.29) is 0 Å². The highest BCUT2D eigenvalue weighted by Gasteiger charge is 2.20. The summed E-state index contributed by atoms with van der Waals surface area (Å²) in [6.07, 6.45) is 3.50. The Balaban J connectivity index is 1.81. The normalized spacial score (nSPS) is 14.5. The smallest absolute Gasteiger partial charge is 0.193 e. The standard InChI is InChI=1S/C18H29N3O3/c1-3-23-15-8-9-17(24-4-2)16(12-15)21-18(19)20-10-5-11-22-13-14-6-7-14/h8-9,12,14H,3-7,10-11,13H2,1-2H3,(H3,19,20,21). The predicted molar refractivity (Wildman–Crippen MR) is 97.1 cm³/mol. The van der Waals surface area contributed by atoms with Crippen LogP contribution in [-0.4, -0.2) is 38.9 Å². The average Bonchev–Trinajstić information content (AvgIpc) is 3.38. The zero-order valence-corrected chi connectivity index (χ0v) is 14.7. The summed E-state index contributed by atoms with van der Waals surface area (Å²) in [4.78, 5) is 4.34. The van der Waals surface area contributed by atoms with Crippen molar-refractivity contribution in [3.8, 4) is 11.5 Å². The molecule has 134 valence electrons. The van der Waals surface area contributed by atoms with E-state index in [2.05, 4.69) is 10.3 Å². The fourth-order valence-electron chi connectivity index (χ4n) is 2.22. The van der Waals surface area contributed by atoms with Gasteiger partial charge in [-0.25, -0.2) is 0 Å². The van der Waals surface area contributed by atoms with E-state index in [9.17, 15) is 0 Å². The number of guanidine groups is 1. The molecule has 0 bridgehead atoms. The topological polar surface area (TPSA) is 78.1 Å². The molecule has 0 unspecified atom stereocenters. The number of anilines is 1. The number of nitrogens with two attached hydrogens (primary N) is 1. The number of hydrogen-bond acceptors (Lipinski definition) is 4. The summed E-state index contributed by atoms with van der Waals surface area (Å²) in [5, 5.41) is 3.10. The van der Waals surface area contributed by atoms with E-state index >= 15 is 0 Å². The van der Waals surface area contributed by atoms with Gasteiger partial charge >= 0.3 is 0 Å². The van der Waals surface area contributed by atoms with Crippen molar-refractivity contribution < 1.29 is 14.2 Å². The molecular formula is C18H29N3O3. The van der Waals surface area contributed by atoms with Crippen molar-refractivity contribution in [2.24, 2.45) is 16.6 Å². The third kappa shape index (κ3) is 6.66. The first kappa shape index (κ1) is 18.4. The second-order valence-electron chi connectivity index (χ2n) is 5.79. The lowest BCUT2D eigenvalue weighted by Gasteiger charge is -2.14. The first-order valence-corrected chi connectivity index (χ1v) is 8.77. The maximum atomic E-state index is 5.97. The van der Waals surface area contributed by atoms with E-state index < -0.39 is 0 Å². The van der Waals surface area contributed by atoms with Gasteiger partial charge in [0.1, 0.15) is 11.5 Å². The quantitative estimate of drug-likeness (QED) is 0.369. The zero-order valence-electron chi connectivity index (χ0n) is 14.7. The SMILES string of the molecule is CCOc1ccc(OCC)c(NC(N)=NCCCOCC2CC2)c1. The van der Waals surface area contributed by atoms with Crippen LogP contribution in [0.1, 0.15) is 33.1 Å². The highest BCUT2D eigenvalue weighted by molar-refractivity contribution is 5.94. The lowest BCUT2D eigenvalue weighted by molar-refractivity contribution is 0.123. The van der Waals surface area contributed by atoms with Crippen LogP contribution in [0.3, 0.4) is 0 Å². The van der Waals surface area contributed by atoms with Crippen molar-refractivity contribution in [1.82, 2.24) is 0 Å². The van der Waals surface area contributed by atoms with Gasteiger partial charge in [0.05, 0.1) is 18.9 Å². The van der Waals surface area contributed by atoms with Crippen molar-refractivity contribution in [3.05, 3.63) is 18.2 Å². The van der Waals surface area contributed by atoms with E-state index in [1.807, 2.05) is 32.0 Å². The first-order valence-electron chi connectivity index (χ1n) is 8.77. The number of hydrogen-bond donors (Lipinski definition) is 2. The minimum Gasteiger partial charge on any atom is -0.494 e. The third-order valence-electron chi connectivity index (χ3n) is 3.60. The zero-order chi connectivity index (χ0) is 17.2. The second-order valence-corrected chi connectivity index (χ2v) is 5.79. The van der Waals surface area contributed by atoms with Crippen molar-refractivity contribution in [1.29, 1.82) is 0 Å². The van der Waals surface area contributed by atoms with Gasteiger partial charge in [-0.2, -0.15) is 0 Å². The molecule has 0 heterocycles. The molecule has 0 atom stereocenters. The maximum absolute atomic E-state index is 5.97. The van der Waals surface area contributed by atoms with E-state index in [1.165, 1.54) is 12.8 Å². The monoisotopic (exact) mass is 335 g/mol. The van der Waals surface area contributed by atoms with E-state index in [1.54, 1.807) is 0 Å². The fraction of sp³-hybridized carbons (Fsp3) is 0.611. The van der Waals surface area contributed by atoms with Crippen molar-refractivity contribution in [2.75, 3.05) is 38.3 Å². The second kappa shape index (κ2) is 10.0. The van der Waals surface area contributed by atoms with Crippen LogP contribution >= 0.6 is 0 Å². The van der Waals surface area contributed by atoms with Gasteiger partial charge in [-0.1, -0.05) is 0 Å². The van der Waals surface area contributed by atoms with Gasteiger partial charge in [-0.3, -0.25) is 4.99 Å². The minimum absolute atomic E-state index is 0.367. The maximum Gasteiger partial charge on any atom is 0.193 e. The highest BCUT2D eigenvalue weighted by Crippen LogP contribution is 2.29. The van der Waals surface area contributed by atoms with Crippen LogP contribution in [-0.2, 0) is 4.74 Å². The molecule has 0 amide bonds. The fourth-order valence-corrected chi connectivity index (χ4v) is 2.22. The molecule has 2 rings (SSSR count). The number of rotatable bonds is 11. The van der Waals surface area contributed by atoms with Crippen LogP contribution in [0.2, 0.25) is 0 Å². The summed E-state index contributed by atoms with van der Waals surface area (Å²) in [5.41, 5.74) is 6.73. The van der Waals surface area contributed by atoms with Gasteiger partial charge in [-0.05, 0) is 51.2 Å². The molecule has 1 aromatic carbocycles. The van der Waals surface area contributed by atoms with Gasteiger partial charge < -0.3 is 25.3 Å². The third-order valence-corrected chi connectivity index (χ3v) is 3.60. The summed E-state index contributed by atoms with van der Waals surface area (Å²) in [5.74, 6) is 2.67. The molecule has 0 radical (unpaired) electrons. The molecular weight excluding hydrogens is 306 g/mol. The minimum atomic E-state index is 0.367. The molecule has 1 fully saturated rings. The Morgan fingerprint density at radius 2 is 2.04 bits per heavy atom. The number of nitrogens with one attached hydrogen (secondary N) is 1. The molecule has 0 saturated heterocycles. The molecule has 1 aromatic rings. The summed E-state index contributed by atoms with van der Waals surface area (Å²) in [6.45, 7) is 7.34. The van der Waals surface area contributed by atoms with E-state index in [0.29, 0.717) is 25.7 Å². The Bertz CT molecular complexity index is 530. The van der Waals surface area contributed by atoms with Crippen LogP contribution in [0.25, 0.3) is 0 Å². The number of nitrogens with zero attached hydrogens (tertiary/aromatic N) is 1. The molecule has 6 nitrogen and oxygen atoms in total. The summed E-state index contributed by atoms with van der Waals surface area (Å²) < 4.78 is 16.7. The molecule has 24 heavy (non-hydrogen) atoms. The van der Waals surface area contributed by atoms with Gasteiger partial charge in [0.2, 0.25) is 0 Å². The van der Waals surface area contributed by atoms with E-state index in [4.69, 9.17) is 19.9 Å². The largest absolute Gasteiger partial charge is 0.494 e. The first-order chi connectivity index (χ1) is 11.7. The van der Waals surface area contributed by atoms with Crippen molar-refractivity contribution in [2.45, 2.75) is 33.1 Å². The highest BCUT2D eigenvalue weighted by atomic mass is 16.5. The summed E-state index contributed by atoms with van der Waals surface area (Å²) in [6, 6.07) is 5.62. The molecule has 1 aliphatic rings. The lowest BCUT2D eigenvalue weighted by Crippen LogP contribution is -2.23. The molecule has 0 spiro atoms. The summed E-state index contributed by atoms with van der Waals surface area (Å²) in [7, 11) is 0. The van der Waals surface area contributed by atoms with Gasteiger partial charge in [0.25, 0.3) is 0 Å². The van der Waals surface area contributed by atoms with Crippen molar-refractivity contribution in [3.63, 3.8) is 0 Å². The van der Waals surface area contributed by atoms with Crippen LogP contribution in [0.15, 0.2) is 23.2 Å². The summed E-state index contributed by atoms with van der Waals surface area (Å²) >= 11 is 0. The number of benzene rings is 1. The Hall–Kier alpha value is -1.95.